The van der Waals surface area contributed by atoms with Gasteiger partial charge in [0.25, 0.3) is 22.2 Å². The van der Waals surface area contributed by atoms with E-state index in [0.29, 0.717) is 17.5 Å². The minimum absolute atomic E-state index is 0.00214. The molecule has 12 rings (SSSR count). The first-order valence-electron chi connectivity index (χ1n) is 36.9. The van der Waals surface area contributed by atoms with Gasteiger partial charge >= 0.3 is 77.0 Å². The highest BCUT2D eigenvalue weighted by molar-refractivity contribution is 8.48. The van der Waals surface area contributed by atoms with Gasteiger partial charge in [0.2, 0.25) is 0 Å². The summed E-state index contributed by atoms with van der Waals surface area (Å²) in [5.41, 5.74) is 5.31. The molecule has 12 heterocycles. The molecule has 48 nitrogen and oxygen atoms in total. The lowest BCUT2D eigenvalue weighted by Gasteiger charge is -2.24. The standard InChI is InChI=1S/C62H86N14O34P6S6/c1-9-33-34(10-45(99-33)73-18-29(4)53(77)67-59(73)83)106-112(88,118)94-23-41-36(12-46(101-41)71-16-27(2)51(63)65-57(71)81)107-114(90,120)97-26-44-39(15-50(104-44)76-21-32(7)56(80)70-62(76)86)110-116(92,122)96-24-42-37(13-47(102-42)72-17-28(3)52(64)66-58(72)82)108-115(91,121)98-25-43-38(14-49(103-43)75-20-31(6)55(79)69-61(75)85)109-113(89,119)95-22-40-35(105-111(87,117)93-8)11-48(100-40)74-19-30(5)54(78)68-60(74)84/h16-21,33-50,87-92,117-122H,9-15,22-26H2,1-8H3,(H2-6,63,64,65,66,67,68,69,70,77,78,79,80,81,82,83,84,85,86)/p+6/t33-,34?,35?,36?,37?,38?,39?,40-,41-,42-,43-,44-,45-,46-,47-,48-,49-,50-,111?,112?,113?,114?,115?,116?/m1/s1. The average Bonchev–Trinajstić information content (AvgIpc) is 1.67. The molecule has 14 N–H and O–H groups in total. The van der Waals surface area contributed by atoms with Crippen LogP contribution in [0.2, 0.25) is 0 Å². The first kappa shape index (κ1) is 96.9. The van der Waals surface area contributed by atoms with Crippen molar-refractivity contribution in [3.05, 3.63) is 175 Å². The van der Waals surface area contributed by atoms with E-state index in [4.69, 9.17) is 94.2 Å². The van der Waals surface area contributed by atoms with Crippen LogP contribution in [0.25, 0.3) is 0 Å². The van der Waals surface area contributed by atoms with Gasteiger partial charge in [-0.25, -0.2) is 28.8 Å². The van der Waals surface area contributed by atoms with Gasteiger partial charge in [-0.1, -0.05) is 6.92 Å². The van der Waals surface area contributed by atoms with Crippen molar-refractivity contribution < 1.29 is 112 Å². The molecule has 0 radical (unpaired) electrons. The molecule has 12 unspecified atom stereocenters. The number of H-pyrrole nitrogens is 4. The molecule has 0 saturated carbocycles. The first-order chi connectivity index (χ1) is 57.0. The summed E-state index contributed by atoms with van der Waals surface area (Å²) in [6.45, 7) is 7.22. The molecule has 6 aromatic rings. The normalized spacial score (nSPS) is 29.8. The fraction of sp³-hybridized carbons (Fsp3) is 0.613. The smallest absolute Gasteiger partial charge is 0.383 e. The number of hydrogen-bond donors (Lipinski definition) is 18. The average molecular weight is 1960 g/mol. The van der Waals surface area contributed by atoms with Crippen molar-refractivity contribution in [3.63, 3.8) is 0 Å². The second-order valence-electron chi connectivity index (χ2n) is 29.0. The van der Waals surface area contributed by atoms with Gasteiger partial charge in [-0.15, -0.1) is 0 Å². The maximum Gasteiger partial charge on any atom is 0.475 e. The summed E-state index contributed by atoms with van der Waals surface area (Å²) >= 11 is 26.1. The molecule has 60 heteroatoms. The molecule has 122 heavy (non-hydrogen) atoms. The third kappa shape index (κ3) is 23.9. The van der Waals surface area contributed by atoms with Crippen LogP contribution in [0.1, 0.15) is 123 Å². The lowest BCUT2D eigenvalue weighted by atomic mass is 10.1. The van der Waals surface area contributed by atoms with Crippen molar-refractivity contribution in [3.8, 4) is 0 Å². The van der Waals surface area contributed by atoms with E-state index < -0.39 is 243 Å². The number of ether oxygens (including phenoxy) is 6. The number of nitrogens with one attached hydrogen (secondary N) is 4. The molecule has 0 bridgehead atoms. The van der Waals surface area contributed by atoms with Crippen LogP contribution in [-0.4, -0.2) is 200 Å². The zero-order valence-electron chi connectivity index (χ0n) is 65.6. The van der Waals surface area contributed by atoms with Crippen molar-refractivity contribution in [1.29, 1.82) is 0 Å². The van der Waals surface area contributed by atoms with Crippen LogP contribution in [0.15, 0.2) is 85.1 Å². The second kappa shape index (κ2) is 39.2. The van der Waals surface area contributed by atoms with Gasteiger partial charge in [0, 0.05) is 109 Å². The predicted octanol–water partition coefficient (Wildman–Crippen LogP) is 2.49. The summed E-state index contributed by atoms with van der Waals surface area (Å²) in [4.78, 5) is 216. The van der Waals surface area contributed by atoms with Gasteiger partial charge in [-0.3, -0.25) is 66.5 Å². The Balaban J connectivity index is 0.743. The van der Waals surface area contributed by atoms with Gasteiger partial charge in [0.05, 0.1) is 86.7 Å². The summed E-state index contributed by atoms with van der Waals surface area (Å²) in [5.74, 6) is -0.185. The van der Waals surface area contributed by atoms with Crippen LogP contribution >= 0.6 is 116 Å². The third-order valence-electron chi connectivity index (χ3n) is 20.2. The molecule has 0 aliphatic carbocycles. The number of nitrogens with two attached hydrogens (primary N) is 2. The Labute approximate surface area is 723 Å². The Hall–Kier alpha value is -4.20. The van der Waals surface area contributed by atoms with Crippen molar-refractivity contribution in [2.45, 2.75) is 204 Å². The molecule has 0 spiro atoms. The van der Waals surface area contributed by atoms with Crippen molar-refractivity contribution in [1.82, 2.24) is 57.3 Å². The zero-order valence-corrected chi connectivity index (χ0v) is 76.3. The van der Waals surface area contributed by atoms with Gasteiger partial charge in [0.15, 0.2) is 0 Å². The first-order valence-corrected chi connectivity index (χ1v) is 53.3. The molecule has 0 amide bonds. The molecule has 6 aliphatic heterocycles. The number of rotatable bonds is 35. The van der Waals surface area contributed by atoms with Crippen LogP contribution in [0.4, 0.5) is 11.6 Å². The number of aromatic amines is 4. The number of thiol groups is 6. The minimum atomic E-state index is -4.59. The number of aryl methyl sites for hydroxylation is 6. The van der Waals surface area contributed by atoms with E-state index in [-0.39, 0.29) is 72.4 Å². The van der Waals surface area contributed by atoms with Crippen LogP contribution in [0.3, 0.4) is 0 Å². The number of hydrogen-bond acceptors (Lipinski definition) is 44. The van der Waals surface area contributed by atoms with Crippen LogP contribution in [-0.2, 0) is 82.7 Å². The van der Waals surface area contributed by atoms with E-state index in [1.807, 2.05) is 0 Å². The van der Waals surface area contributed by atoms with E-state index >= 15 is 0 Å². The summed E-state index contributed by atoms with van der Waals surface area (Å²) in [6, 6.07) is 0. The van der Waals surface area contributed by atoms with E-state index in [0.717, 1.165) is 29.9 Å². The molecule has 6 saturated heterocycles. The molecule has 6 aromatic heterocycles. The van der Waals surface area contributed by atoms with Crippen molar-refractivity contribution in [2.75, 3.05) is 51.6 Å². The fourth-order valence-electron chi connectivity index (χ4n) is 13.9. The van der Waals surface area contributed by atoms with Crippen LogP contribution in [0.5, 0.6) is 0 Å². The molecule has 6 aliphatic rings. The molecule has 0 aromatic carbocycles. The lowest BCUT2D eigenvalue weighted by Crippen LogP contribution is -2.34. The summed E-state index contributed by atoms with van der Waals surface area (Å²) in [6.07, 6.45) is -15.8. The van der Waals surface area contributed by atoms with Gasteiger partial charge in [-0.2, -0.15) is 93.6 Å². The Bertz CT molecular complexity index is 5450. The molecular weight excluding hydrogens is 1860 g/mol. The van der Waals surface area contributed by atoms with Crippen LogP contribution in [0, 0.1) is 41.5 Å². The number of anilines is 2. The second-order valence-corrected chi connectivity index (χ2v) is 46.9. The van der Waals surface area contributed by atoms with E-state index in [1.165, 1.54) is 69.4 Å². The molecule has 6 fully saturated rings. The Morgan fingerprint density at radius 3 is 0.770 bits per heavy atom. The highest BCUT2D eigenvalue weighted by atomic mass is 32.7. The SMILES string of the molecule is CC[C@H]1O[C@@H](n2cc(C)c(=O)[nH]c2=O)CC1O[P+](O)(S)OC[C@H]1O[C@@H](n2cc(C)c(N)nc2=O)CC1O[P+](O)(S)OC[C@H]1O[C@@H](n2cc(C)c(=O)[nH]c2=O)CC1O[P+](O)(S)OC[C@H]1O[C@@H](n2cc(C)c(N)nc2=O)CC1O[P+](O)(S)OC[C@H]1O[C@@H](n2cc(C)c(=O)[nH]c2=O)CC1O[P+](O)(S)OC[C@H]1O[C@@H](n2cc(C)c(=O)[nH]c2=O)CC1O[P+](O)(S)OC. The maximum absolute atomic E-state index is 13.5. The van der Waals surface area contributed by atoms with E-state index in [1.54, 1.807) is 20.8 Å². The highest BCUT2D eigenvalue weighted by Gasteiger charge is 2.59. The van der Waals surface area contributed by atoms with E-state index in [9.17, 15) is 77.3 Å². The van der Waals surface area contributed by atoms with Gasteiger partial charge < -0.3 is 39.9 Å². The Kier molecular flexibility index (Phi) is 31.2. The number of nitrogen functional groups attached to an aromatic ring is 2. The largest absolute Gasteiger partial charge is 0.475 e. The van der Waals surface area contributed by atoms with Crippen LogP contribution < -0.4 is 67.8 Å². The topological polar surface area (TPSA) is 629 Å². The minimum Gasteiger partial charge on any atom is -0.383 e. The van der Waals surface area contributed by atoms with Crippen molar-refractivity contribution >= 4 is 128 Å². The third-order valence-corrected chi connectivity index (χ3v) is 30.3. The summed E-state index contributed by atoms with van der Waals surface area (Å²) in [7, 11) is -25.0. The Morgan fingerprint density at radius 2 is 0.549 bits per heavy atom. The lowest BCUT2D eigenvalue weighted by molar-refractivity contribution is -0.0584. The number of nitrogens with zero attached hydrogens (tertiary/aromatic N) is 8. The van der Waals surface area contributed by atoms with E-state index in [2.05, 4.69) is 103 Å². The van der Waals surface area contributed by atoms with Gasteiger partial charge in [0.1, 0.15) is 149 Å². The Morgan fingerprint density at radius 1 is 0.352 bits per heavy atom. The highest BCUT2D eigenvalue weighted by Crippen LogP contribution is 2.70. The quantitative estimate of drug-likeness (QED) is 0.0201. The van der Waals surface area contributed by atoms with Crippen molar-refractivity contribution in [2.24, 2.45) is 0 Å². The zero-order chi connectivity index (χ0) is 88.9. The fourth-order valence-corrected chi connectivity index (χ4v) is 22.6. The summed E-state index contributed by atoms with van der Waals surface area (Å²) in [5, 5.41) is 0. The summed E-state index contributed by atoms with van der Waals surface area (Å²) < 4.78 is 115. The molecule has 674 valence electrons. The monoisotopic (exact) mass is 1950 g/mol. The maximum atomic E-state index is 13.5. The molecule has 24 atom stereocenters. The van der Waals surface area contributed by atoms with Gasteiger partial charge in [-0.05, 0) is 48.0 Å². The predicted molar refractivity (Wildman–Crippen MR) is 456 cm³/mol. The number of aromatic nitrogens is 12. The molecular formula is C62H92N14O34P6S6+6.